The predicted molar refractivity (Wildman–Crippen MR) is 89.9 cm³/mol. The molecule has 1 aliphatic rings. The van der Waals surface area contributed by atoms with Gasteiger partial charge in [-0.05, 0) is 25.7 Å². The molecule has 21 heavy (non-hydrogen) atoms. The normalized spacial score (nSPS) is 16.5. The third-order valence-electron chi connectivity index (χ3n) is 4.46. The Labute approximate surface area is 133 Å². The van der Waals surface area contributed by atoms with Crippen molar-refractivity contribution in [1.29, 1.82) is 0 Å². The highest BCUT2D eigenvalue weighted by molar-refractivity contribution is 7.11. The first-order valence-corrected chi connectivity index (χ1v) is 8.97. The molecule has 0 bridgehead atoms. The van der Waals surface area contributed by atoms with E-state index in [-0.39, 0.29) is 11.0 Å². The average Bonchev–Trinajstić information content (AvgIpc) is 3.16. The van der Waals surface area contributed by atoms with Gasteiger partial charge in [0.05, 0.1) is 5.69 Å². The molecule has 1 saturated carbocycles. The third kappa shape index (κ3) is 3.66. The van der Waals surface area contributed by atoms with E-state index in [1.165, 1.54) is 23.4 Å². The summed E-state index contributed by atoms with van der Waals surface area (Å²) in [6.45, 7) is 12.1. The van der Waals surface area contributed by atoms with E-state index in [0.29, 0.717) is 0 Å². The standard InChI is InChI=1S/C17H30N2OS/c1-7-17(8-2,20-6)15-19-14(16(3,4)5)13(21-15)11-18-12-9-10-12/h12,18H,7-11H2,1-6H3. The number of hydrogen-bond donors (Lipinski definition) is 1. The smallest absolute Gasteiger partial charge is 0.125 e. The topological polar surface area (TPSA) is 34.1 Å². The van der Waals surface area contributed by atoms with Crippen molar-refractivity contribution in [2.75, 3.05) is 7.11 Å². The van der Waals surface area contributed by atoms with Crippen LogP contribution in [-0.2, 0) is 22.3 Å². The lowest BCUT2D eigenvalue weighted by Crippen LogP contribution is -2.27. The first kappa shape index (κ1) is 16.9. The van der Waals surface area contributed by atoms with Crippen molar-refractivity contribution in [2.45, 2.75) is 83.9 Å². The Bertz CT molecular complexity index is 459. The zero-order chi connectivity index (χ0) is 15.7. The largest absolute Gasteiger partial charge is 0.371 e. The number of ether oxygens (including phenoxy) is 1. The molecule has 1 N–H and O–H groups in total. The molecule has 3 nitrogen and oxygen atoms in total. The molecular formula is C17H30N2OS. The molecule has 0 aliphatic heterocycles. The average molecular weight is 311 g/mol. The van der Waals surface area contributed by atoms with E-state index in [1.54, 1.807) is 0 Å². The van der Waals surface area contributed by atoms with E-state index < -0.39 is 0 Å². The predicted octanol–water partition coefficient (Wildman–Crippen LogP) is 4.35. The lowest BCUT2D eigenvalue weighted by atomic mass is 9.91. The molecule has 4 heteroatoms. The summed E-state index contributed by atoms with van der Waals surface area (Å²) in [7, 11) is 1.81. The summed E-state index contributed by atoms with van der Waals surface area (Å²) >= 11 is 1.84. The Morgan fingerprint density at radius 3 is 2.29 bits per heavy atom. The molecule has 0 radical (unpaired) electrons. The molecule has 0 amide bonds. The monoisotopic (exact) mass is 310 g/mol. The second-order valence-electron chi connectivity index (χ2n) is 7.10. The van der Waals surface area contributed by atoms with E-state index in [1.807, 2.05) is 18.4 Å². The maximum Gasteiger partial charge on any atom is 0.125 e. The Kier molecular flexibility index (Phi) is 5.11. The van der Waals surface area contributed by atoms with Gasteiger partial charge in [-0.1, -0.05) is 34.6 Å². The van der Waals surface area contributed by atoms with Gasteiger partial charge in [0.25, 0.3) is 0 Å². The quantitative estimate of drug-likeness (QED) is 0.813. The number of aromatic nitrogens is 1. The van der Waals surface area contributed by atoms with E-state index >= 15 is 0 Å². The third-order valence-corrected chi connectivity index (χ3v) is 5.70. The fourth-order valence-electron chi connectivity index (χ4n) is 2.71. The first-order valence-electron chi connectivity index (χ1n) is 8.15. The van der Waals surface area contributed by atoms with Gasteiger partial charge in [-0.15, -0.1) is 11.3 Å². The van der Waals surface area contributed by atoms with Crippen molar-refractivity contribution < 1.29 is 4.74 Å². The maximum absolute atomic E-state index is 5.87. The number of thiazole rings is 1. The molecule has 2 rings (SSSR count). The van der Waals surface area contributed by atoms with Gasteiger partial charge in [-0.3, -0.25) is 0 Å². The van der Waals surface area contributed by atoms with Crippen molar-refractivity contribution in [3.8, 4) is 0 Å². The van der Waals surface area contributed by atoms with E-state index in [0.717, 1.165) is 30.4 Å². The van der Waals surface area contributed by atoms with Crippen LogP contribution in [0.4, 0.5) is 0 Å². The van der Waals surface area contributed by atoms with Crippen LogP contribution in [0.1, 0.15) is 75.9 Å². The van der Waals surface area contributed by atoms with Crippen LogP contribution >= 0.6 is 11.3 Å². The fraction of sp³-hybridized carbons (Fsp3) is 0.824. The van der Waals surface area contributed by atoms with Gasteiger partial charge in [0.15, 0.2) is 0 Å². The first-order chi connectivity index (χ1) is 9.86. The highest BCUT2D eigenvalue weighted by Crippen LogP contribution is 2.39. The zero-order valence-electron chi connectivity index (χ0n) is 14.4. The molecule has 0 atom stereocenters. The minimum Gasteiger partial charge on any atom is -0.371 e. The highest BCUT2D eigenvalue weighted by atomic mass is 32.1. The van der Waals surface area contributed by atoms with Gasteiger partial charge in [0.2, 0.25) is 0 Å². The van der Waals surface area contributed by atoms with E-state index in [9.17, 15) is 0 Å². The van der Waals surface area contributed by atoms with Crippen molar-refractivity contribution >= 4 is 11.3 Å². The minimum atomic E-state index is -0.220. The maximum atomic E-state index is 5.87. The van der Waals surface area contributed by atoms with Gasteiger partial charge in [-0.25, -0.2) is 4.98 Å². The van der Waals surface area contributed by atoms with Gasteiger partial charge in [-0.2, -0.15) is 0 Å². The van der Waals surface area contributed by atoms with Gasteiger partial charge < -0.3 is 10.1 Å². The number of nitrogens with zero attached hydrogens (tertiary/aromatic N) is 1. The highest BCUT2D eigenvalue weighted by Gasteiger charge is 2.35. The Morgan fingerprint density at radius 1 is 1.24 bits per heavy atom. The molecule has 0 unspecified atom stereocenters. The molecule has 1 aromatic heterocycles. The Morgan fingerprint density at radius 2 is 1.86 bits per heavy atom. The van der Waals surface area contributed by atoms with Crippen LogP contribution in [0, 0.1) is 0 Å². The molecule has 0 saturated heterocycles. The Hall–Kier alpha value is -0.450. The summed E-state index contributed by atoms with van der Waals surface area (Å²) < 4.78 is 5.87. The molecule has 0 spiro atoms. The second kappa shape index (κ2) is 6.35. The number of nitrogens with one attached hydrogen (secondary N) is 1. The van der Waals surface area contributed by atoms with Crippen LogP contribution in [-0.4, -0.2) is 18.1 Å². The molecule has 1 aliphatic carbocycles. The van der Waals surface area contributed by atoms with E-state index in [2.05, 4.69) is 39.9 Å². The van der Waals surface area contributed by atoms with Crippen LogP contribution in [0.2, 0.25) is 0 Å². The second-order valence-corrected chi connectivity index (χ2v) is 8.19. The molecule has 1 heterocycles. The van der Waals surface area contributed by atoms with Crippen molar-refractivity contribution in [2.24, 2.45) is 0 Å². The summed E-state index contributed by atoms with van der Waals surface area (Å²) in [6, 6.07) is 0.730. The zero-order valence-corrected chi connectivity index (χ0v) is 15.2. The number of rotatable bonds is 7. The summed E-state index contributed by atoms with van der Waals surface area (Å²) in [5, 5.41) is 4.78. The molecular weight excluding hydrogens is 280 g/mol. The van der Waals surface area contributed by atoms with Crippen LogP contribution in [0.3, 0.4) is 0 Å². The SMILES string of the molecule is CCC(CC)(OC)c1nc(C(C)(C)C)c(CNC2CC2)s1. The molecule has 1 aromatic rings. The number of methoxy groups -OCH3 is 1. The van der Waals surface area contributed by atoms with Crippen LogP contribution in [0.5, 0.6) is 0 Å². The van der Waals surface area contributed by atoms with Crippen molar-refractivity contribution in [3.05, 3.63) is 15.6 Å². The Balaban J connectivity index is 2.33. The summed E-state index contributed by atoms with van der Waals surface area (Å²) in [5.41, 5.74) is 1.10. The minimum absolute atomic E-state index is 0.0796. The molecule has 0 aromatic carbocycles. The van der Waals surface area contributed by atoms with Gasteiger partial charge >= 0.3 is 0 Å². The van der Waals surface area contributed by atoms with Crippen molar-refractivity contribution in [3.63, 3.8) is 0 Å². The summed E-state index contributed by atoms with van der Waals surface area (Å²) in [5.74, 6) is 0. The van der Waals surface area contributed by atoms with Gasteiger partial charge in [0, 0.05) is 30.0 Å². The van der Waals surface area contributed by atoms with Crippen LogP contribution in [0.15, 0.2) is 0 Å². The lowest BCUT2D eigenvalue weighted by Gasteiger charge is -2.27. The van der Waals surface area contributed by atoms with Crippen molar-refractivity contribution in [1.82, 2.24) is 10.3 Å². The van der Waals surface area contributed by atoms with Gasteiger partial charge in [0.1, 0.15) is 10.6 Å². The number of hydrogen-bond acceptors (Lipinski definition) is 4. The summed E-state index contributed by atoms with van der Waals surface area (Å²) in [4.78, 5) is 6.40. The summed E-state index contributed by atoms with van der Waals surface area (Å²) in [6.07, 6.45) is 4.57. The van der Waals surface area contributed by atoms with E-state index in [4.69, 9.17) is 9.72 Å². The molecule has 1 fully saturated rings. The van der Waals surface area contributed by atoms with Crippen LogP contribution in [0.25, 0.3) is 0 Å². The van der Waals surface area contributed by atoms with Crippen LogP contribution < -0.4 is 5.32 Å². The lowest BCUT2D eigenvalue weighted by molar-refractivity contribution is -0.0220. The fourth-order valence-corrected chi connectivity index (χ4v) is 4.24. The molecule has 120 valence electrons.